The van der Waals surface area contributed by atoms with Crippen molar-refractivity contribution in [3.05, 3.63) is 47.0 Å². The minimum absolute atomic E-state index is 0.0243. The van der Waals surface area contributed by atoms with Crippen molar-refractivity contribution in [3.8, 4) is 0 Å². The molecular formula is C17H18F3N3OS. The number of rotatable bonds is 3. The van der Waals surface area contributed by atoms with Crippen LogP contribution in [0.15, 0.2) is 35.7 Å². The molecule has 0 radical (unpaired) electrons. The number of aromatic nitrogens is 1. The number of alkyl halides is 3. The maximum atomic E-state index is 12.5. The zero-order chi connectivity index (χ0) is 17.9. The fourth-order valence-electron chi connectivity index (χ4n) is 2.92. The Kier molecular flexibility index (Phi) is 5.27. The molecule has 1 fully saturated rings. The first-order valence-electron chi connectivity index (χ1n) is 8.04. The van der Waals surface area contributed by atoms with E-state index in [0.29, 0.717) is 19.0 Å². The van der Waals surface area contributed by atoms with Crippen LogP contribution in [0.4, 0.5) is 23.1 Å². The normalized spacial score (nSPS) is 16.0. The van der Waals surface area contributed by atoms with Gasteiger partial charge in [0, 0.05) is 18.5 Å². The summed E-state index contributed by atoms with van der Waals surface area (Å²) in [7, 11) is 0. The minimum Gasteiger partial charge on any atom is -0.324 e. The average molecular weight is 369 g/mol. The average Bonchev–Trinajstić information content (AvgIpc) is 3.05. The Morgan fingerprint density at radius 1 is 1.24 bits per heavy atom. The lowest BCUT2D eigenvalue weighted by Gasteiger charge is -2.31. The summed E-state index contributed by atoms with van der Waals surface area (Å²) in [5.74, 6) is 0.517. The van der Waals surface area contributed by atoms with Crippen LogP contribution in [-0.2, 0) is 12.6 Å². The molecule has 3 rings (SSSR count). The molecule has 2 heterocycles. The second-order valence-electron chi connectivity index (χ2n) is 6.09. The van der Waals surface area contributed by atoms with Gasteiger partial charge in [0.05, 0.1) is 0 Å². The number of urea groups is 1. The van der Waals surface area contributed by atoms with Gasteiger partial charge in [-0.15, -0.1) is 11.3 Å². The molecule has 4 nitrogen and oxygen atoms in total. The Bertz CT molecular complexity index is 709. The summed E-state index contributed by atoms with van der Waals surface area (Å²) in [4.78, 5) is 17.2. The first-order chi connectivity index (χ1) is 11.9. The predicted molar refractivity (Wildman–Crippen MR) is 90.6 cm³/mol. The van der Waals surface area contributed by atoms with Crippen molar-refractivity contribution in [2.75, 3.05) is 18.4 Å². The van der Waals surface area contributed by atoms with Crippen LogP contribution in [0.1, 0.15) is 24.1 Å². The maximum absolute atomic E-state index is 12.5. The van der Waals surface area contributed by atoms with Crippen LogP contribution in [0, 0.1) is 5.92 Å². The smallest absolute Gasteiger partial charge is 0.324 e. The molecule has 1 aromatic heterocycles. The van der Waals surface area contributed by atoms with Gasteiger partial charge in [-0.1, -0.05) is 30.3 Å². The molecule has 1 aromatic carbocycles. The molecule has 0 unspecified atom stereocenters. The van der Waals surface area contributed by atoms with Crippen LogP contribution in [0.2, 0.25) is 0 Å². The first-order valence-corrected chi connectivity index (χ1v) is 8.92. The fraction of sp³-hybridized carbons (Fsp3) is 0.412. The molecule has 134 valence electrons. The topological polar surface area (TPSA) is 45.2 Å². The van der Waals surface area contributed by atoms with Gasteiger partial charge in [-0.05, 0) is 30.7 Å². The highest BCUT2D eigenvalue weighted by molar-refractivity contribution is 7.13. The molecule has 0 aliphatic carbocycles. The summed E-state index contributed by atoms with van der Waals surface area (Å²) < 4.78 is 37.6. The number of anilines is 1. The van der Waals surface area contributed by atoms with Gasteiger partial charge < -0.3 is 4.90 Å². The molecule has 2 amide bonds. The third-order valence-electron chi connectivity index (χ3n) is 4.28. The molecule has 25 heavy (non-hydrogen) atoms. The lowest BCUT2D eigenvalue weighted by Crippen LogP contribution is -2.41. The van der Waals surface area contributed by atoms with Crippen LogP contribution in [0.25, 0.3) is 0 Å². The van der Waals surface area contributed by atoms with Gasteiger partial charge in [0.15, 0.2) is 10.8 Å². The van der Waals surface area contributed by atoms with Crippen molar-refractivity contribution in [2.24, 2.45) is 5.92 Å². The number of benzene rings is 1. The van der Waals surface area contributed by atoms with E-state index in [0.717, 1.165) is 36.0 Å². The Hall–Kier alpha value is -2.09. The van der Waals surface area contributed by atoms with E-state index in [9.17, 15) is 18.0 Å². The second kappa shape index (κ2) is 7.43. The predicted octanol–water partition coefficient (Wildman–Crippen LogP) is 4.65. The summed E-state index contributed by atoms with van der Waals surface area (Å²) >= 11 is 0.781. The molecule has 1 aliphatic heterocycles. The zero-order valence-corrected chi connectivity index (χ0v) is 14.2. The highest BCUT2D eigenvalue weighted by Gasteiger charge is 2.34. The van der Waals surface area contributed by atoms with Crippen molar-refractivity contribution in [2.45, 2.75) is 25.4 Å². The summed E-state index contributed by atoms with van der Waals surface area (Å²) in [6, 6.07) is 9.82. The summed E-state index contributed by atoms with van der Waals surface area (Å²) in [6.07, 6.45) is -1.74. The first kappa shape index (κ1) is 17.7. The Morgan fingerprint density at radius 2 is 1.92 bits per heavy atom. The fourth-order valence-corrected chi connectivity index (χ4v) is 3.63. The maximum Gasteiger partial charge on any atom is 0.434 e. The number of nitrogens with one attached hydrogen (secondary N) is 1. The Morgan fingerprint density at radius 3 is 2.52 bits per heavy atom. The molecule has 1 saturated heterocycles. The summed E-state index contributed by atoms with van der Waals surface area (Å²) in [5, 5.41) is 3.34. The van der Waals surface area contributed by atoms with Gasteiger partial charge >= 0.3 is 12.2 Å². The lowest BCUT2D eigenvalue weighted by atomic mass is 9.90. The number of carbonyl (C=O) groups is 1. The van der Waals surface area contributed by atoms with E-state index < -0.39 is 11.9 Å². The van der Waals surface area contributed by atoms with Crippen molar-refractivity contribution < 1.29 is 18.0 Å². The van der Waals surface area contributed by atoms with Crippen LogP contribution >= 0.6 is 11.3 Å². The lowest BCUT2D eigenvalue weighted by molar-refractivity contribution is -0.140. The van der Waals surface area contributed by atoms with Gasteiger partial charge in [-0.2, -0.15) is 13.2 Å². The number of carbonyl (C=O) groups excluding carboxylic acids is 1. The Labute approximate surface area is 147 Å². The number of piperidine rings is 1. The number of likely N-dealkylation sites (tertiary alicyclic amines) is 1. The quantitative estimate of drug-likeness (QED) is 0.856. The third-order valence-corrected chi connectivity index (χ3v) is 5.04. The van der Waals surface area contributed by atoms with Crippen molar-refractivity contribution in [1.82, 2.24) is 9.88 Å². The molecule has 1 aliphatic rings. The van der Waals surface area contributed by atoms with Crippen LogP contribution in [0.5, 0.6) is 0 Å². The van der Waals surface area contributed by atoms with E-state index in [-0.39, 0.29) is 11.2 Å². The van der Waals surface area contributed by atoms with Crippen molar-refractivity contribution in [3.63, 3.8) is 0 Å². The summed E-state index contributed by atoms with van der Waals surface area (Å²) in [6.45, 7) is 1.20. The van der Waals surface area contributed by atoms with Crippen molar-refractivity contribution >= 4 is 22.5 Å². The molecule has 1 N–H and O–H groups in total. The van der Waals surface area contributed by atoms with Gasteiger partial charge in [0.1, 0.15) is 0 Å². The molecule has 0 spiro atoms. The van der Waals surface area contributed by atoms with Gasteiger partial charge in [-0.3, -0.25) is 5.32 Å². The van der Waals surface area contributed by atoms with E-state index in [4.69, 9.17) is 0 Å². The van der Waals surface area contributed by atoms with E-state index in [1.54, 1.807) is 4.90 Å². The van der Waals surface area contributed by atoms with E-state index in [1.165, 1.54) is 5.56 Å². The van der Waals surface area contributed by atoms with Crippen LogP contribution in [-0.4, -0.2) is 29.0 Å². The standard InChI is InChI=1S/C17H18F3N3OS/c18-17(19,20)14-11-25-15(21-14)22-16(24)23-8-6-13(7-9-23)10-12-4-2-1-3-5-12/h1-5,11,13H,6-10H2,(H,21,22,24). The third kappa shape index (κ3) is 4.72. The molecule has 8 heteroatoms. The molecular weight excluding hydrogens is 351 g/mol. The highest BCUT2D eigenvalue weighted by atomic mass is 32.1. The van der Waals surface area contributed by atoms with Gasteiger partial charge in [0.25, 0.3) is 0 Å². The zero-order valence-electron chi connectivity index (χ0n) is 13.4. The van der Waals surface area contributed by atoms with Gasteiger partial charge in [0.2, 0.25) is 0 Å². The number of amides is 2. The molecule has 0 saturated carbocycles. The minimum atomic E-state index is -4.49. The highest BCUT2D eigenvalue weighted by Crippen LogP contribution is 2.31. The monoisotopic (exact) mass is 369 g/mol. The van der Waals surface area contributed by atoms with E-state index >= 15 is 0 Å². The second-order valence-corrected chi connectivity index (χ2v) is 6.94. The number of halogens is 3. The molecule has 0 atom stereocenters. The van der Waals surface area contributed by atoms with E-state index in [2.05, 4.69) is 22.4 Å². The summed E-state index contributed by atoms with van der Waals surface area (Å²) in [5.41, 5.74) is 0.308. The molecule has 2 aromatic rings. The number of hydrogen-bond acceptors (Lipinski definition) is 3. The van der Waals surface area contributed by atoms with Crippen LogP contribution in [0.3, 0.4) is 0 Å². The molecule has 0 bridgehead atoms. The van der Waals surface area contributed by atoms with Gasteiger partial charge in [-0.25, -0.2) is 9.78 Å². The van der Waals surface area contributed by atoms with E-state index in [1.807, 2.05) is 18.2 Å². The number of nitrogens with zero attached hydrogens (tertiary/aromatic N) is 2. The van der Waals surface area contributed by atoms with Crippen LogP contribution < -0.4 is 5.32 Å². The number of hydrogen-bond donors (Lipinski definition) is 1. The number of thiazole rings is 1. The largest absolute Gasteiger partial charge is 0.434 e. The SMILES string of the molecule is O=C(Nc1nc(C(F)(F)F)cs1)N1CCC(Cc2ccccc2)CC1. The van der Waals surface area contributed by atoms with Crippen molar-refractivity contribution in [1.29, 1.82) is 0 Å². The Balaban J connectivity index is 1.49.